The first-order valence-corrected chi connectivity index (χ1v) is 9.69. The number of alkyl carbamates (subject to hydrolysis) is 2. The van der Waals surface area contributed by atoms with Gasteiger partial charge in [-0.2, -0.15) is 0 Å². The van der Waals surface area contributed by atoms with Gasteiger partial charge in [-0.3, -0.25) is 4.79 Å². The van der Waals surface area contributed by atoms with Gasteiger partial charge in [0.25, 0.3) is 0 Å². The van der Waals surface area contributed by atoms with Crippen molar-refractivity contribution in [2.24, 2.45) is 0 Å². The van der Waals surface area contributed by atoms with E-state index < -0.39 is 18.2 Å². The maximum atomic E-state index is 11.8. The van der Waals surface area contributed by atoms with Crippen LogP contribution < -0.4 is 16.0 Å². The monoisotopic (exact) mass is 409 g/mol. The third-order valence-corrected chi connectivity index (χ3v) is 4.12. The van der Waals surface area contributed by atoms with Crippen LogP contribution in [-0.4, -0.2) is 62.5 Å². The Balaban J connectivity index is 2.13. The summed E-state index contributed by atoms with van der Waals surface area (Å²) >= 11 is 0. The molecular formula is C20H31N3O6. The zero-order chi connectivity index (χ0) is 21.5. The predicted molar refractivity (Wildman–Crippen MR) is 108 cm³/mol. The number of aromatic hydroxyl groups is 1. The van der Waals surface area contributed by atoms with Crippen molar-refractivity contribution in [2.45, 2.75) is 38.6 Å². The number of phenolic OH excluding ortho intramolecular Hbond substituents is 1. The van der Waals surface area contributed by atoms with E-state index in [0.29, 0.717) is 19.4 Å². The molecule has 1 rings (SSSR count). The van der Waals surface area contributed by atoms with Crippen LogP contribution in [0.2, 0.25) is 0 Å². The first-order chi connectivity index (χ1) is 13.9. The number of rotatable bonds is 13. The number of hydrogen-bond donors (Lipinski definition) is 4. The topological polar surface area (TPSA) is 126 Å². The van der Waals surface area contributed by atoms with Gasteiger partial charge in [0.05, 0.1) is 6.04 Å². The molecule has 1 atom stereocenters. The number of carbonyl (C=O) groups is 3. The molecule has 4 N–H and O–H groups in total. The summed E-state index contributed by atoms with van der Waals surface area (Å²) in [5.74, 6) is 0.0595. The number of hydrogen-bond acceptors (Lipinski definition) is 7. The van der Waals surface area contributed by atoms with E-state index in [1.807, 2.05) is 7.05 Å². The van der Waals surface area contributed by atoms with Crippen molar-refractivity contribution in [2.75, 3.05) is 33.4 Å². The van der Waals surface area contributed by atoms with Crippen LogP contribution in [0.1, 0.15) is 31.7 Å². The minimum Gasteiger partial charge on any atom is -0.508 e. The van der Waals surface area contributed by atoms with Crippen molar-refractivity contribution in [1.82, 2.24) is 16.0 Å². The van der Waals surface area contributed by atoms with Gasteiger partial charge in [0.1, 0.15) is 19.0 Å². The molecule has 0 spiro atoms. The molecule has 1 aromatic carbocycles. The van der Waals surface area contributed by atoms with Gasteiger partial charge in [0.15, 0.2) is 5.78 Å². The van der Waals surface area contributed by atoms with Crippen molar-refractivity contribution in [3.63, 3.8) is 0 Å². The highest BCUT2D eigenvalue weighted by molar-refractivity contribution is 5.85. The number of amides is 2. The quantitative estimate of drug-likeness (QED) is 0.366. The van der Waals surface area contributed by atoms with E-state index in [4.69, 9.17) is 9.47 Å². The van der Waals surface area contributed by atoms with Crippen LogP contribution in [0, 0.1) is 0 Å². The van der Waals surface area contributed by atoms with Gasteiger partial charge >= 0.3 is 12.2 Å². The maximum Gasteiger partial charge on any atom is 0.407 e. The molecule has 162 valence electrons. The minimum atomic E-state index is -0.713. The lowest BCUT2D eigenvalue weighted by Crippen LogP contribution is -2.40. The van der Waals surface area contributed by atoms with Crippen LogP contribution >= 0.6 is 0 Å². The summed E-state index contributed by atoms with van der Waals surface area (Å²) in [6, 6.07) is 6.11. The number of ketones is 1. The van der Waals surface area contributed by atoms with E-state index in [0.717, 1.165) is 24.9 Å². The Kier molecular flexibility index (Phi) is 11.9. The van der Waals surface area contributed by atoms with Gasteiger partial charge in [0, 0.05) is 6.54 Å². The van der Waals surface area contributed by atoms with E-state index in [-0.39, 0.29) is 24.7 Å². The van der Waals surface area contributed by atoms with Crippen LogP contribution in [0.25, 0.3) is 0 Å². The number of unbranched alkanes of at least 4 members (excludes halogenated alkanes) is 1. The number of Topliss-reactive ketones (excluding diaryl/α,β-unsaturated/α-hetero) is 1. The summed E-state index contributed by atoms with van der Waals surface area (Å²) in [6.45, 7) is 2.45. The zero-order valence-electron chi connectivity index (χ0n) is 17.0. The highest BCUT2D eigenvalue weighted by atomic mass is 16.6. The van der Waals surface area contributed by atoms with Crippen LogP contribution in [0.15, 0.2) is 24.3 Å². The highest BCUT2D eigenvalue weighted by Gasteiger charge is 2.17. The summed E-state index contributed by atoms with van der Waals surface area (Å²) in [6.07, 6.45) is 1.53. The summed E-state index contributed by atoms with van der Waals surface area (Å²) in [5.41, 5.74) is 0.967. The van der Waals surface area contributed by atoms with Gasteiger partial charge in [-0.25, -0.2) is 9.59 Å². The Morgan fingerprint density at radius 1 is 1.00 bits per heavy atom. The van der Waals surface area contributed by atoms with E-state index in [1.165, 1.54) is 6.92 Å². The van der Waals surface area contributed by atoms with Gasteiger partial charge in [-0.15, -0.1) is 0 Å². The van der Waals surface area contributed by atoms with Crippen molar-refractivity contribution in [3.05, 3.63) is 29.8 Å². The van der Waals surface area contributed by atoms with E-state index in [1.54, 1.807) is 24.3 Å². The average molecular weight is 409 g/mol. The van der Waals surface area contributed by atoms with Crippen molar-refractivity contribution >= 4 is 18.0 Å². The van der Waals surface area contributed by atoms with Crippen LogP contribution in [0.5, 0.6) is 5.75 Å². The van der Waals surface area contributed by atoms with E-state index >= 15 is 0 Å². The fraction of sp³-hybridized carbons (Fsp3) is 0.550. The third kappa shape index (κ3) is 11.6. The fourth-order valence-electron chi connectivity index (χ4n) is 2.50. The lowest BCUT2D eigenvalue weighted by atomic mass is 10.1. The Morgan fingerprint density at radius 2 is 1.66 bits per heavy atom. The fourth-order valence-corrected chi connectivity index (χ4v) is 2.50. The smallest absolute Gasteiger partial charge is 0.407 e. The predicted octanol–water partition coefficient (Wildman–Crippen LogP) is 1.73. The Labute approximate surface area is 171 Å². The molecule has 0 saturated carbocycles. The molecule has 0 fully saturated rings. The second-order valence-electron chi connectivity index (χ2n) is 6.52. The summed E-state index contributed by atoms with van der Waals surface area (Å²) in [5, 5.41) is 17.4. The Bertz CT molecular complexity index is 636. The second-order valence-corrected chi connectivity index (χ2v) is 6.52. The van der Waals surface area contributed by atoms with Crippen molar-refractivity contribution in [1.29, 1.82) is 0 Å². The third-order valence-electron chi connectivity index (χ3n) is 4.12. The number of phenols is 1. The number of nitrogens with one attached hydrogen (secondary N) is 3. The zero-order valence-corrected chi connectivity index (χ0v) is 17.0. The van der Waals surface area contributed by atoms with Crippen molar-refractivity contribution in [3.8, 4) is 5.75 Å². The average Bonchev–Trinajstić information content (AvgIpc) is 2.69. The molecule has 1 unspecified atom stereocenters. The maximum absolute atomic E-state index is 11.8. The first-order valence-electron chi connectivity index (χ1n) is 9.69. The van der Waals surface area contributed by atoms with Crippen molar-refractivity contribution < 1.29 is 29.0 Å². The van der Waals surface area contributed by atoms with Crippen LogP contribution in [-0.2, 0) is 20.7 Å². The van der Waals surface area contributed by atoms with E-state index in [2.05, 4.69) is 16.0 Å². The standard InChI is InChI=1S/C20H31N3O6/c1-15(24)18(5-3-4-11-21-2)23-20(27)29-14-13-28-19(26)22-12-10-16-6-8-17(25)9-7-16/h6-9,18,21,25H,3-5,10-14H2,1-2H3,(H,22,26)(H,23,27). The Hall–Kier alpha value is -2.81. The lowest BCUT2D eigenvalue weighted by molar-refractivity contribution is -0.119. The van der Waals surface area contributed by atoms with Gasteiger partial charge in [0.2, 0.25) is 0 Å². The number of carbonyl (C=O) groups excluding carboxylic acids is 3. The molecule has 0 aromatic heterocycles. The highest BCUT2D eigenvalue weighted by Crippen LogP contribution is 2.09. The molecule has 0 bridgehead atoms. The van der Waals surface area contributed by atoms with Gasteiger partial charge < -0.3 is 30.5 Å². The normalized spacial score (nSPS) is 11.4. The molecule has 9 heteroatoms. The number of benzene rings is 1. The second kappa shape index (κ2) is 14.2. The van der Waals surface area contributed by atoms with E-state index in [9.17, 15) is 19.5 Å². The summed E-state index contributed by atoms with van der Waals surface area (Å²) in [4.78, 5) is 35.0. The summed E-state index contributed by atoms with van der Waals surface area (Å²) < 4.78 is 9.87. The van der Waals surface area contributed by atoms with Crippen LogP contribution in [0.4, 0.5) is 9.59 Å². The molecule has 29 heavy (non-hydrogen) atoms. The first kappa shape index (κ1) is 24.2. The lowest BCUT2D eigenvalue weighted by Gasteiger charge is -2.16. The van der Waals surface area contributed by atoms with Gasteiger partial charge in [-0.05, 0) is 63.9 Å². The molecule has 2 amide bonds. The molecule has 0 aliphatic heterocycles. The molecule has 9 nitrogen and oxygen atoms in total. The largest absolute Gasteiger partial charge is 0.508 e. The minimum absolute atomic E-state index is 0.0919. The molecule has 0 heterocycles. The molecule has 1 aromatic rings. The number of ether oxygens (including phenoxy) is 2. The molecule has 0 saturated heterocycles. The molecule has 0 aliphatic carbocycles. The SMILES string of the molecule is CNCCCCC(NC(=O)OCCOC(=O)NCCc1ccc(O)cc1)C(C)=O. The molecule has 0 aliphatic rings. The van der Waals surface area contributed by atoms with Gasteiger partial charge in [-0.1, -0.05) is 12.1 Å². The molecular weight excluding hydrogens is 378 g/mol. The molecule has 0 radical (unpaired) electrons. The van der Waals surface area contributed by atoms with Crippen LogP contribution in [0.3, 0.4) is 0 Å². The Morgan fingerprint density at radius 3 is 2.28 bits per heavy atom. The summed E-state index contributed by atoms with van der Waals surface area (Å²) in [7, 11) is 1.86.